The lowest BCUT2D eigenvalue weighted by atomic mass is 10.3. The second kappa shape index (κ2) is 10.1. The van der Waals surface area contributed by atoms with E-state index in [2.05, 4.69) is 13.3 Å². The van der Waals surface area contributed by atoms with Crippen LogP contribution < -0.4 is 4.39 Å². The van der Waals surface area contributed by atoms with E-state index < -0.39 is 80.6 Å². The SMILES string of the molecule is CS(=O)(=O)N[Si](OC(C(F)(F)F)C(F)(F)F)(OC(C(F)(F)F)C(F)(F)F)OC(C(F)(F)F)C(F)(F)F. The Morgan fingerprint density at radius 3 is 0.778 bits per heavy atom. The number of halogens is 18. The van der Waals surface area contributed by atoms with E-state index in [4.69, 9.17) is 0 Å². The van der Waals surface area contributed by atoms with Crippen LogP contribution in [0.15, 0.2) is 0 Å². The van der Waals surface area contributed by atoms with Gasteiger partial charge in [-0.15, -0.1) is 0 Å². The Balaban J connectivity index is 7.47. The molecule has 0 bridgehead atoms. The van der Waals surface area contributed by atoms with Gasteiger partial charge in [-0.05, 0) is 0 Å². The molecule has 0 aliphatic rings. The molecule has 0 saturated carbocycles. The van der Waals surface area contributed by atoms with Gasteiger partial charge < -0.3 is 13.3 Å². The van der Waals surface area contributed by atoms with E-state index in [1.807, 2.05) is 0 Å². The maximum absolute atomic E-state index is 12.8. The molecule has 0 amide bonds. The molecular weight excluding hydrogens is 616 g/mol. The topological polar surface area (TPSA) is 73.9 Å². The molecule has 218 valence electrons. The first-order valence-corrected chi connectivity index (χ1v) is 11.3. The van der Waals surface area contributed by atoms with Gasteiger partial charge >= 0.3 is 46.0 Å². The third-order valence-electron chi connectivity index (χ3n) is 2.91. The highest BCUT2D eigenvalue weighted by molar-refractivity contribution is 7.90. The van der Waals surface area contributed by atoms with E-state index in [1.54, 1.807) is 0 Å². The van der Waals surface area contributed by atoms with Gasteiger partial charge in [0.1, 0.15) is 0 Å². The highest BCUT2D eigenvalue weighted by atomic mass is 32.2. The first kappa shape index (κ1) is 34.7. The van der Waals surface area contributed by atoms with Gasteiger partial charge in [-0.1, -0.05) is 0 Å². The van der Waals surface area contributed by atoms with Gasteiger partial charge in [0.05, 0.1) is 6.26 Å². The summed E-state index contributed by atoms with van der Waals surface area (Å²) in [5, 5.41) is 0. The van der Waals surface area contributed by atoms with E-state index in [9.17, 15) is 87.4 Å². The molecule has 0 unspecified atom stereocenters. The molecule has 0 aromatic heterocycles. The molecule has 36 heavy (non-hydrogen) atoms. The fourth-order valence-electron chi connectivity index (χ4n) is 1.81. The maximum Gasteiger partial charge on any atom is 0.613 e. The largest absolute Gasteiger partial charge is 0.613 e. The van der Waals surface area contributed by atoms with Gasteiger partial charge in [0.2, 0.25) is 28.3 Å². The summed E-state index contributed by atoms with van der Waals surface area (Å²) < 4.78 is 261. The Kier molecular flexibility index (Phi) is 9.78. The molecule has 0 aromatic carbocycles. The molecular formula is C10H7F18NO5SSi. The zero-order valence-electron chi connectivity index (χ0n) is 16.0. The molecule has 0 saturated heterocycles. The average Bonchev–Trinajstić information content (AvgIpc) is 2.47. The molecule has 0 aromatic rings. The summed E-state index contributed by atoms with van der Waals surface area (Å²) in [7, 11) is -14.4. The van der Waals surface area contributed by atoms with E-state index in [0.29, 0.717) is 0 Å². The van der Waals surface area contributed by atoms with Crippen molar-refractivity contribution in [2.24, 2.45) is 0 Å². The minimum atomic E-state index is -8.44. The van der Waals surface area contributed by atoms with E-state index in [0.717, 1.165) is 0 Å². The number of hydrogen-bond donors (Lipinski definition) is 1. The van der Waals surface area contributed by atoms with Crippen molar-refractivity contribution in [3.8, 4) is 0 Å². The predicted molar refractivity (Wildman–Crippen MR) is 74.7 cm³/mol. The van der Waals surface area contributed by atoms with Crippen LogP contribution in [-0.4, -0.2) is 79.0 Å². The summed E-state index contributed by atoms with van der Waals surface area (Å²) in [5.41, 5.74) is 0. The molecule has 0 spiro atoms. The van der Waals surface area contributed by atoms with Crippen molar-refractivity contribution in [1.29, 1.82) is 0 Å². The predicted octanol–water partition coefficient (Wildman–Crippen LogP) is 4.50. The average molecular weight is 623 g/mol. The van der Waals surface area contributed by atoms with Crippen LogP contribution >= 0.6 is 0 Å². The van der Waals surface area contributed by atoms with Crippen LogP contribution in [0.5, 0.6) is 0 Å². The molecule has 26 heteroatoms. The minimum Gasteiger partial charge on any atom is -0.340 e. The third kappa shape index (κ3) is 10.6. The maximum atomic E-state index is 12.8. The van der Waals surface area contributed by atoms with Crippen LogP contribution in [0.25, 0.3) is 0 Å². The van der Waals surface area contributed by atoms with Crippen molar-refractivity contribution >= 4 is 19.0 Å². The molecule has 0 fully saturated rings. The first-order chi connectivity index (χ1) is 15.2. The molecule has 0 aliphatic carbocycles. The zero-order valence-corrected chi connectivity index (χ0v) is 17.8. The van der Waals surface area contributed by atoms with Gasteiger partial charge in [-0.3, -0.25) is 0 Å². The second-order valence-corrected chi connectivity index (χ2v) is 10.4. The molecule has 0 rings (SSSR count). The number of rotatable bonds is 8. The van der Waals surface area contributed by atoms with Crippen LogP contribution in [0.4, 0.5) is 79.0 Å². The smallest absolute Gasteiger partial charge is 0.340 e. The summed E-state index contributed by atoms with van der Waals surface area (Å²) in [6.07, 6.45) is -60.3. The monoisotopic (exact) mass is 623 g/mol. The zero-order chi connectivity index (χ0) is 29.6. The standard InChI is InChI=1S/C10H7F18NO5SSi/c1-35(30,31)29-36(32-2(5(11,12)13)6(14,15)16,33-3(7(17,18)19)8(20,21)22)34-4(9(23,24)25)10(26,27)28/h2-4,29H,1H3. The number of sulfonamides is 1. The molecule has 0 aliphatic heterocycles. The summed E-state index contributed by atoms with van der Waals surface area (Å²) in [4.78, 5) is 0. The summed E-state index contributed by atoms with van der Waals surface area (Å²) in [5.74, 6) is 0. The summed E-state index contributed by atoms with van der Waals surface area (Å²) in [6.45, 7) is 0. The Morgan fingerprint density at radius 1 is 0.500 bits per heavy atom. The lowest BCUT2D eigenvalue weighted by Gasteiger charge is -2.39. The van der Waals surface area contributed by atoms with Crippen molar-refractivity contribution in [1.82, 2.24) is 4.39 Å². The van der Waals surface area contributed by atoms with E-state index in [-0.39, 0.29) is 4.39 Å². The molecule has 6 nitrogen and oxygen atoms in total. The second-order valence-electron chi connectivity index (χ2n) is 6.17. The van der Waals surface area contributed by atoms with E-state index in [1.165, 1.54) is 0 Å². The lowest BCUT2D eigenvalue weighted by Crippen LogP contribution is -2.71. The highest BCUT2D eigenvalue weighted by Crippen LogP contribution is 2.44. The van der Waals surface area contributed by atoms with Gasteiger partial charge in [-0.2, -0.15) is 83.4 Å². The van der Waals surface area contributed by atoms with Crippen LogP contribution in [0.3, 0.4) is 0 Å². The third-order valence-corrected chi connectivity index (χ3v) is 7.03. The lowest BCUT2D eigenvalue weighted by molar-refractivity contribution is -0.344. The van der Waals surface area contributed by atoms with Crippen LogP contribution in [-0.2, 0) is 23.3 Å². The Hall–Kier alpha value is -1.25. The molecule has 0 atom stereocenters. The quantitative estimate of drug-likeness (QED) is 0.319. The summed E-state index contributed by atoms with van der Waals surface area (Å²) in [6, 6.07) is 0. The van der Waals surface area contributed by atoms with E-state index >= 15 is 0 Å². The number of nitrogens with one attached hydrogen (secondary N) is 1. The fourth-order valence-corrected chi connectivity index (χ4v) is 6.10. The van der Waals surface area contributed by atoms with Gasteiger partial charge in [0.25, 0.3) is 0 Å². The van der Waals surface area contributed by atoms with Crippen molar-refractivity contribution in [2.75, 3.05) is 6.26 Å². The van der Waals surface area contributed by atoms with Crippen molar-refractivity contribution < 1.29 is 101 Å². The highest BCUT2D eigenvalue weighted by Gasteiger charge is 2.72. The normalized spacial score (nSPS) is 15.9. The minimum absolute atomic E-state index is 0.162. The van der Waals surface area contributed by atoms with Crippen molar-refractivity contribution in [3.63, 3.8) is 0 Å². The van der Waals surface area contributed by atoms with Crippen LogP contribution in [0, 0.1) is 0 Å². The van der Waals surface area contributed by atoms with Gasteiger partial charge in [0, 0.05) is 0 Å². The van der Waals surface area contributed by atoms with Crippen LogP contribution in [0.2, 0.25) is 0 Å². The fraction of sp³-hybridized carbons (Fsp3) is 1.00. The van der Waals surface area contributed by atoms with Crippen LogP contribution in [0.1, 0.15) is 0 Å². The molecule has 0 radical (unpaired) electrons. The Morgan fingerprint density at radius 2 is 0.667 bits per heavy atom. The molecule has 0 heterocycles. The van der Waals surface area contributed by atoms with Gasteiger partial charge in [0.15, 0.2) is 0 Å². The van der Waals surface area contributed by atoms with Crippen molar-refractivity contribution in [3.05, 3.63) is 0 Å². The first-order valence-electron chi connectivity index (χ1n) is 7.65. The Labute approximate surface area is 186 Å². The molecule has 1 N–H and O–H groups in total. The van der Waals surface area contributed by atoms with Gasteiger partial charge in [-0.25, -0.2) is 8.42 Å². The number of hydrogen-bond acceptors (Lipinski definition) is 5. The Bertz CT molecular complexity index is 714. The summed E-state index contributed by atoms with van der Waals surface area (Å²) >= 11 is 0. The van der Waals surface area contributed by atoms with Crippen molar-refractivity contribution in [2.45, 2.75) is 55.4 Å². The number of alkyl halides is 18.